The molecule has 2 aliphatic heterocycles. The monoisotopic (exact) mass is 412 g/mol. The minimum absolute atomic E-state index is 0.0405. The van der Waals surface area contributed by atoms with E-state index in [0.29, 0.717) is 31.1 Å². The summed E-state index contributed by atoms with van der Waals surface area (Å²) in [5.74, 6) is 0.0471. The Morgan fingerprint density at radius 2 is 1.47 bits per heavy atom. The number of piperidine rings is 1. The molecule has 0 spiro atoms. The molecule has 7 heteroatoms. The molecular formula is C23H32N4O3. The number of rotatable bonds is 4. The fraction of sp³-hybridized carbons (Fsp3) is 0.609. The molecule has 0 atom stereocenters. The molecule has 1 aromatic rings. The number of urea groups is 1. The average Bonchev–Trinajstić information content (AvgIpc) is 3.21. The predicted octanol–water partition coefficient (Wildman–Crippen LogP) is 3.05. The standard InChI is InChI=1S/C23H32N4O3/c28-21-7-4-14-27(21)20-10-8-17(9-11-20)22(29)24-19-12-15-26(16-13-19)23(30)25-18-5-2-1-3-6-18/h8-11,18-19H,1-7,12-16H2,(H,24,29)(H,25,30). The normalized spacial score (nSPS) is 21.0. The second-order valence-electron chi connectivity index (χ2n) is 8.72. The van der Waals surface area contributed by atoms with Crippen LogP contribution >= 0.6 is 0 Å². The maximum atomic E-state index is 12.6. The molecule has 30 heavy (non-hydrogen) atoms. The Morgan fingerprint density at radius 1 is 0.800 bits per heavy atom. The van der Waals surface area contributed by atoms with Crippen molar-refractivity contribution in [3.8, 4) is 0 Å². The van der Waals surface area contributed by atoms with Gasteiger partial charge < -0.3 is 20.4 Å². The van der Waals surface area contributed by atoms with Crippen LogP contribution in [-0.2, 0) is 4.79 Å². The Kier molecular flexibility index (Phi) is 6.55. The van der Waals surface area contributed by atoms with Crippen LogP contribution in [0.2, 0.25) is 0 Å². The van der Waals surface area contributed by atoms with Gasteiger partial charge in [0.05, 0.1) is 0 Å². The summed E-state index contributed by atoms with van der Waals surface area (Å²) in [5, 5.41) is 6.27. The molecule has 0 unspecified atom stereocenters. The van der Waals surface area contributed by atoms with Gasteiger partial charge in [-0.05, 0) is 56.4 Å². The van der Waals surface area contributed by atoms with Gasteiger partial charge in [0, 0.05) is 49.4 Å². The number of hydrogen-bond acceptors (Lipinski definition) is 3. The summed E-state index contributed by atoms with van der Waals surface area (Å²) in [7, 11) is 0. The molecule has 1 saturated carbocycles. The molecule has 2 saturated heterocycles. The van der Waals surface area contributed by atoms with Crippen molar-refractivity contribution in [2.24, 2.45) is 0 Å². The van der Waals surface area contributed by atoms with Gasteiger partial charge in [-0.2, -0.15) is 0 Å². The second kappa shape index (κ2) is 9.49. The van der Waals surface area contributed by atoms with Crippen LogP contribution in [0.4, 0.5) is 10.5 Å². The maximum absolute atomic E-state index is 12.6. The molecule has 3 fully saturated rings. The fourth-order valence-corrected chi connectivity index (χ4v) is 4.72. The van der Waals surface area contributed by atoms with E-state index in [1.165, 1.54) is 19.3 Å². The zero-order chi connectivity index (χ0) is 20.9. The number of likely N-dealkylation sites (tertiary alicyclic amines) is 1. The van der Waals surface area contributed by atoms with E-state index >= 15 is 0 Å². The lowest BCUT2D eigenvalue weighted by Gasteiger charge is -2.34. The van der Waals surface area contributed by atoms with Crippen molar-refractivity contribution in [1.29, 1.82) is 0 Å². The van der Waals surface area contributed by atoms with Gasteiger partial charge >= 0.3 is 6.03 Å². The first-order chi connectivity index (χ1) is 14.6. The molecule has 1 aliphatic carbocycles. The van der Waals surface area contributed by atoms with E-state index in [-0.39, 0.29) is 23.9 Å². The van der Waals surface area contributed by atoms with Crippen molar-refractivity contribution in [3.05, 3.63) is 29.8 Å². The van der Waals surface area contributed by atoms with E-state index in [9.17, 15) is 14.4 Å². The van der Waals surface area contributed by atoms with Crippen LogP contribution in [0.5, 0.6) is 0 Å². The Balaban J connectivity index is 1.23. The van der Waals surface area contributed by atoms with Gasteiger partial charge in [0.15, 0.2) is 0 Å². The first-order valence-corrected chi connectivity index (χ1v) is 11.4. The summed E-state index contributed by atoms with van der Waals surface area (Å²) >= 11 is 0. The molecule has 0 aromatic heterocycles. The quantitative estimate of drug-likeness (QED) is 0.797. The van der Waals surface area contributed by atoms with Crippen molar-refractivity contribution >= 4 is 23.5 Å². The molecule has 2 N–H and O–H groups in total. The van der Waals surface area contributed by atoms with Crippen molar-refractivity contribution < 1.29 is 14.4 Å². The molecule has 0 bridgehead atoms. The number of carbonyl (C=O) groups is 3. The highest BCUT2D eigenvalue weighted by Gasteiger charge is 2.26. The van der Waals surface area contributed by atoms with Gasteiger partial charge in [-0.3, -0.25) is 9.59 Å². The van der Waals surface area contributed by atoms with Gasteiger partial charge in [0.1, 0.15) is 0 Å². The maximum Gasteiger partial charge on any atom is 0.317 e. The van der Waals surface area contributed by atoms with Crippen LogP contribution in [0, 0.1) is 0 Å². The van der Waals surface area contributed by atoms with Gasteiger partial charge in [-0.25, -0.2) is 4.79 Å². The fourth-order valence-electron chi connectivity index (χ4n) is 4.72. The third-order valence-electron chi connectivity index (χ3n) is 6.56. The molecule has 162 valence electrons. The summed E-state index contributed by atoms with van der Waals surface area (Å²) in [5.41, 5.74) is 1.45. The number of hydrogen-bond donors (Lipinski definition) is 2. The number of carbonyl (C=O) groups excluding carboxylic acids is 3. The Bertz CT molecular complexity index is 765. The molecule has 3 aliphatic rings. The number of nitrogens with zero attached hydrogens (tertiary/aromatic N) is 2. The minimum atomic E-state index is -0.0978. The molecule has 4 amide bonds. The zero-order valence-corrected chi connectivity index (χ0v) is 17.6. The number of amides is 4. The summed E-state index contributed by atoms with van der Waals surface area (Å²) in [6.45, 7) is 2.08. The summed E-state index contributed by atoms with van der Waals surface area (Å²) in [4.78, 5) is 40.6. The predicted molar refractivity (Wildman–Crippen MR) is 115 cm³/mol. The van der Waals surface area contributed by atoms with Crippen LogP contribution in [0.1, 0.15) is 68.1 Å². The lowest BCUT2D eigenvalue weighted by Crippen LogP contribution is -2.51. The molecule has 4 rings (SSSR count). The summed E-state index contributed by atoms with van der Waals surface area (Å²) in [6, 6.07) is 7.69. The summed E-state index contributed by atoms with van der Waals surface area (Å²) < 4.78 is 0. The third kappa shape index (κ3) is 4.94. The van der Waals surface area contributed by atoms with Crippen molar-refractivity contribution in [1.82, 2.24) is 15.5 Å². The largest absolute Gasteiger partial charge is 0.349 e. The van der Waals surface area contributed by atoms with Gasteiger partial charge in [0.25, 0.3) is 5.91 Å². The molecule has 2 heterocycles. The topological polar surface area (TPSA) is 81.8 Å². The highest BCUT2D eigenvalue weighted by molar-refractivity contribution is 5.97. The average molecular weight is 413 g/mol. The molecular weight excluding hydrogens is 380 g/mol. The number of anilines is 1. The van der Waals surface area contributed by atoms with Gasteiger partial charge in [-0.1, -0.05) is 19.3 Å². The number of benzene rings is 1. The van der Waals surface area contributed by atoms with E-state index in [2.05, 4.69) is 10.6 Å². The minimum Gasteiger partial charge on any atom is -0.349 e. The van der Waals surface area contributed by atoms with E-state index in [4.69, 9.17) is 0 Å². The van der Waals surface area contributed by atoms with Crippen molar-refractivity contribution in [3.63, 3.8) is 0 Å². The zero-order valence-electron chi connectivity index (χ0n) is 17.6. The van der Waals surface area contributed by atoms with Crippen LogP contribution in [0.15, 0.2) is 24.3 Å². The van der Waals surface area contributed by atoms with Gasteiger partial charge in [-0.15, -0.1) is 0 Å². The van der Waals surface area contributed by atoms with E-state index in [1.54, 1.807) is 17.0 Å². The van der Waals surface area contributed by atoms with Crippen LogP contribution in [0.3, 0.4) is 0 Å². The molecule has 1 aromatic carbocycles. The van der Waals surface area contributed by atoms with Crippen LogP contribution < -0.4 is 15.5 Å². The van der Waals surface area contributed by atoms with E-state index < -0.39 is 0 Å². The van der Waals surface area contributed by atoms with Crippen molar-refractivity contribution in [2.75, 3.05) is 24.5 Å². The lowest BCUT2D eigenvalue weighted by atomic mass is 9.95. The highest BCUT2D eigenvalue weighted by atomic mass is 16.2. The first-order valence-electron chi connectivity index (χ1n) is 11.4. The third-order valence-corrected chi connectivity index (χ3v) is 6.56. The molecule has 7 nitrogen and oxygen atoms in total. The Hall–Kier alpha value is -2.57. The second-order valence-corrected chi connectivity index (χ2v) is 8.72. The SMILES string of the molecule is O=C(NC1CCN(C(=O)NC2CCCCC2)CC1)c1ccc(N2CCCC2=O)cc1. The summed E-state index contributed by atoms with van der Waals surface area (Å²) in [6.07, 6.45) is 8.87. The smallest absolute Gasteiger partial charge is 0.317 e. The Morgan fingerprint density at radius 3 is 2.10 bits per heavy atom. The van der Waals surface area contributed by atoms with E-state index in [0.717, 1.165) is 44.3 Å². The lowest BCUT2D eigenvalue weighted by molar-refractivity contribution is -0.117. The van der Waals surface area contributed by atoms with Crippen LogP contribution in [0.25, 0.3) is 0 Å². The molecule has 0 radical (unpaired) electrons. The Labute approximate surface area is 178 Å². The first kappa shape index (κ1) is 20.7. The van der Waals surface area contributed by atoms with E-state index in [1.807, 2.05) is 17.0 Å². The highest BCUT2D eigenvalue weighted by Crippen LogP contribution is 2.22. The number of nitrogens with one attached hydrogen (secondary N) is 2. The van der Waals surface area contributed by atoms with Gasteiger partial charge in [0.2, 0.25) is 5.91 Å². The van der Waals surface area contributed by atoms with Crippen LogP contribution in [-0.4, -0.2) is 54.5 Å². The van der Waals surface area contributed by atoms with Crippen molar-refractivity contribution in [2.45, 2.75) is 69.9 Å².